The highest BCUT2D eigenvalue weighted by molar-refractivity contribution is 5.73. The number of carbonyl (C=O) groups excluding carboxylic acids is 2. The lowest BCUT2D eigenvalue weighted by molar-refractivity contribution is -0.119. The molecule has 0 aliphatic carbocycles. The van der Waals surface area contributed by atoms with Crippen molar-refractivity contribution in [3.05, 3.63) is 0 Å². The molecule has 0 saturated carbocycles. The molecule has 0 rings (SSSR count). The van der Waals surface area contributed by atoms with Crippen molar-refractivity contribution in [3.63, 3.8) is 0 Å². The van der Waals surface area contributed by atoms with Gasteiger partial charge in [-0.1, -0.05) is 6.92 Å². The van der Waals surface area contributed by atoms with Gasteiger partial charge in [-0.05, 0) is 12.3 Å². The number of hydrogen-bond acceptors (Lipinski definition) is 2. The second-order valence-corrected chi connectivity index (χ2v) is 3.05. The predicted molar refractivity (Wildman–Crippen MR) is 46.3 cm³/mol. The van der Waals surface area contributed by atoms with E-state index in [4.69, 9.17) is 5.73 Å². The number of primary amides is 1. The summed E-state index contributed by atoms with van der Waals surface area (Å²) in [6, 6.07) is 0. The van der Waals surface area contributed by atoms with Crippen molar-refractivity contribution in [3.8, 4) is 0 Å². The zero-order chi connectivity index (χ0) is 9.56. The van der Waals surface area contributed by atoms with E-state index in [0.29, 0.717) is 18.9 Å². The zero-order valence-corrected chi connectivity index (χ0v) is 7.59. The Bertz CT molecular complexity index is 150. The van der Waals surface area contributed by atoms with Crippen molar-refractivity contribution in [2.75, 3.05) is 6.54 Å². The summed E-state index contributed by atoms with van der Waals surface area (Å²) in [4.78, 5) is 20.9. The summed E-state index contributed by atoms with van der Waals surface area (Å²) in [6.45, 7) is 4.06. The van der Waals surface area contributed by atoms with Crippen LogP contribution in [0.1, 0.15) is 26.7 Å². The lowest BCUT2D eigenvalue weighted by atomic mass is 10.1. The molecule has 4 heteroatoms. The van der Waals surface area contributed by atoms with Crippen LogP contribution in [-0.4, -0.2) is 18.4 Å². The molecule has 12 heavy (non-hydrogen) atoms. The fourth-order valence-corrected chi connectivity index (χ4v) is 0.809. The van der Waals surface area contributed by atoms with Crippen LogP contribution in [0.3, 0.4) is 0 Å². The van der Waals surface area contributed by atoms with E-state index in [1.54, 1.807) is 0 Å². The third kappa shape index (κ3) is 7.05. The molecule has 0 radical (unpaired) electrons. The molecule has 0 spiro atoms. The minimum absolute atomic E-state index is 0.0408. The van der Waals surface area contributed by atoms with Crippen LogP contribution >= 0.6 is 0 Å². The van der Waals surface area contributed by atoms with Crippen LogP contribution in [0.2, 0.25) is 0 Å². The highest BCUT2D eigenvalue weighted by Crippen LogP contribution is 2.02. The maximum absolute atomic E-state index is 10.5. The first-order chi connectivity index (χ1) is 5.52. The van der Waals surface area contributed by atoms with Gasteiger partial charge < -0.3 is 11.1 Å². The average molecular weight is 172 g/mol. The fourth-order valence-electron chi connectivity index (χ4n) is 0.809. The van der Waals surface area contributed by atoms with Crippen LogP contribution < -0.4 is 11.1 Å². The largest absolute Gasteiger partial charge is 0.370 e. The highest BCUT2D eigenvalue weighted by atomic mass is 16.1. The molecule has 1 unspecified atom stereocenters. The first kappa shape index (κ1) is 10.9. The summed E-state index contributed by atoms with van der Waals surface area (Å²) in [5.74, 6) is -0.0213. The smallest absolute Gasteiger partial charge is 0.217 e. The van der Waals surface area contributed by atoms with Crippen molar-refractivity contribution in [1.82, 2.24) is 5.32 Å². The summed E-state index contributed by atoms with van der Waals surface area (Å²) < 4.78 is 0. The number of amides is 2. The standard InChI is InChI=1S/C8H16N2O2/c1-6(3-4-8(9)12)5-10-7(2)11/h6H,3-5H2,1-2H3,(H2,9,12)(H,10,11). The van der Waals surface area contributed by atoms with Crippen molar-refractivity contribution in [2.45, 2.75) is 26.7 Å². The van der Waals surface area contributed by atoms with Gasteiger partial charge in [0.05, 0.1) is 0 Å². The lowest BCUT2D eigenvalue weighted by Gasteiger charge is -2.09. The highest BCUT2D eigenvalue weighted by Gasteiger charge is 2.04. The minimum Gasteiger partial charge on any atom is -0.370 e. The second-order valence-electron chi connectivity index (χ2n) is 3.05. The molecule has 4 nitrogen and oxygen atoms in total. The van der Waals surface area contributed by atoms with Gasteiger partial charge in [0.1, 0.15) is 0 Å². The molecule has 0 aliphatic rings. The number of nitrogens with one attached hydrogen (secondary N) is 1. The molecule has 2 amide bonds. The molecular weight excluding hydrogens is 156 g/mol. The molecule has 1 atom stereocenters. The summed E-state index contributed by atoms with van der Waals surface area (Å²) in [6.07, 6.45) is 1.12. The Morgan fingerprint density at radius 1 is 1.50 bits per heavy atom. The monoisotopic (exact) mass is 172 g/mol. The third-order valence-electron chi connectivity index (χ3n) is 1.58. The van der Waals surface area contributed by atoms with Gasteiger partial charge in [-0.2, -0.15) is 0 Å². The van der Waals surface area contributed by atoms with Gasteiger partial charge in [-0.3, -0.25) is 9.59 Å². The van der Waals surface area contributed by atoms with Crippen LogP contribution in [0, 0.1) is 5.92 Å². The summed E-state index contributed by atoms with van der Waals surface area (Å²) in [5, 5.41) is 2.68. The lowest BCUT2D eigenvalue weighted by Crippen LogP contribution is -2.26. The van der Waals surface area contributed by atoms with Crippen LogP contribution in [0.15, 0.2) is 0 Å². The van der Waals surface area contributed by atoms with Crippen molar-refractivity contribution in [2.24, 2.45) is 11.7 Å². The van der Waals surface area contributed by atoms with Crippen LogP contribution in [0.5, 0.6) is 0 Å². The topological polar surface area (TPSA) is 72.2 Å². The Morgan fingerprint density at radius 3 is 2.50 bits per heavy atom. The normalized spacial score (nSPS) is 12.2. The van der Waals surface area contributed by atoms with E-state index in [1.807, 2.05) is 6.92 Å². The molecule has 70 valence electrons. The van der Waals surface area contributed by atoms with Gasteiger partial charge in [0, 0.05) is 19.9 Å². The van der Waals surface area contributed by atoms with Crippen LogP contribution in [0.4, 0.5) is 0 Å². The molecule has 0 aromatic heterocycles. The minimum atomic E-state index is -0.287. The molecule has 0 aromatic carbocycles. The average Bonchev–Trinajstić information content (AvgIpc) is 1.96. The van der Waals surface area contributed by atoms with E-state index in [2.05, 4.69) is 5.32 Å². The van der Waals surface area contributed by atoms with E-state index in [9.17, 15) is 9.59 Å². The summed E-state index contributed by atoms with van der Waals surface area (Å²) in [5.41, 5.74) is 4.97. The Kier molecular flexibility index (Phi) is 5.08. The molecular formula is C8H16N2O2. The van der Waals surface area contributed by atoms with Gasteiger partial charge in [0.15, 0.2) is 0 Å². The first-order valence-corrected chi connectivity index (χ1v) is 4.05. The Hall–Kier alpha value is -1.06. The second kappa shape index (κ2) is 5.57. The number of rotatable bonds is 5. The Labute approximate surface area is 72.5 Å². The quantitative estimate of drug-likeness (QED) is 0.613. The number of nitrogens with two attached hydrogens (primary N) is 1. The van der Waals surface area contributed by atoms with Crippen molar-refractivity contribution in [1.29, 1.82) is 0 Å². The van der Waals surface area contributed by atoms with E-state index in [-0.39, 0.29) is 11.8 Å². The molecule has 0 saturated heterocycles. The van der Waals surface area contributed by atoms with Crippen molar-refractivity contribution < 1.29 is 9.59 Å². The molecule has 0 aromatic rings. The SMILES string of the molecule is CC(=O)NCC(C)CCC(N)=O. The maximum atomic E-state index is 10.5. The van der Waals surface area contributed by atoms with Gasteiger partial charge in [0.25, 0.3) is 0 Å². The number of hydrogen-bond donors (Lipinski definition) is 2. The van der Waals surface area contributed by atoms with Gasteiger partial charge in [0.2, 0.25) is 11.8 Å². The zero-order valence-electron chi connectivity index (χ0n) is 7.59. The Morgan fingerprint density at radius 2 is 2.08 bits per heavy atom. The number of carbonyl (C=O) groups is 2. The maximum Gasteiger partial charge on any atom is 0.217 e. The van der Waals surface area contributed by atoms with Crippen LogP contribution in [-0.2, 0) is 9.59 Å². The summed E-state index contributed by atoms with van der Waals surface area (Å²) in [7, 11) is 0. The Balaban J connectivity index is 3.39. The van der Waals surface area contributed by atoms with E-state index in [1.165, 1.54) is 6.92 Å². The third-order valence-corrected chi connectivity index (χ3v) is 1.58. The first-order valence-electron chi connectivity index (χ1n) is 4.05. The molecule has 0 fully saturated rings. The molecule has 3 N–H and O–H groups in total. The molecule has 0 aliphatic heterocycles. The van der Waals surface area contributed by atoms with Crippen molar-refractivity contribution >= 4 is 11.8 Å². The van der Waals surface area contributed by atoms with Gasteiger partial charge in [-0.15, -0.1) is 0 Å². The van der Waals surface area contributed by atoms with E-state index in [0.717, 1.165) is 6.42 Å². The van der Waals surface area contributed by atoms with Gasteiger partial charge >= 0.3 is 0 Å². The molecule has 0 bridgehead atoms. The van der Waals surface area contributed by atoms with Crippen LogP contribution in [0.25, 0.3) is 0 Å². The predicted octanol–water partition coefficient (Wildman–Crippen LogP) is 0.0241. The van der Waals surface area contributed by atoms with Gasteiger partial charge in [-0.25, -0.2) is 0 Å². The summed E-state index contributed by atoms with van der Waals surface area (Å²) >= 11 is 0. The van der Waals surface area contributed by atoms with E-state index >= 15 is 0 Å². The molecule has 0 heterocycles. The fraction of sp³-hybridized carbons (Fsp3) is 0.750. The van der Waals surface area contributed by atoms with E-state index < -0.39 is 0 Å².